The van der Waals surface area contributed by atoms with Gasteiger partial charge in [0.2, 0.25) is 0 Å². The fraction of sp³-hybridized carbons (Fsp3) is 0.250. The molecule has 3 heterocycles. The summed E-state index contributed by atoms with van der Waals surface area (Å²) in [4.78, 5) is 17.9. The number of carbonyl (C=O) groups is 1. The second-order valence-electron chi connectivity index (χ2n) is 4.99. The first-order chi connectivity index (χ1) is 11.3. The molecule has 1 aromatic carbocycles. The van der Waals surface area contributed by atoms with Crippen molar-refractivity contribution in [1.29, 1.82) is 0 Å². The van der Waals surface area contributed by atoms with Gasteiger partial charge in [0.25, 0.3) is 5.91 Å². The summed E-state index contributed by atoms with van der Waals surface area (Å²) in [5.74, 6) is 1.30. The summed E-state index contributed by atoms with van der Waals surface area (Å²) in [5, 5.41) is 1.88. The molecule has 118 valence electrons. The number of hydrogen-bond acceptors (Lipinski definition) is 5. The number of benzene rings is 1. The van der Waals surface area contributed by atoms with Gasteiger partial charge in [-0.25, -0.2) is 0 Å². The number of fused-ring (bicyclic) bond motifs is 2. The van der Waals surface area contributed by atoms with Gasteiger partial charge in [-0.1, -0.05) is 17.4 Å². The van der Waals surface area contributed by atoms with Gasteiger partial charge in [-0.2, -0.15) is 4.99 Å². The summed E-state index contributed by atoms with van der Waals surface area (Å²) in [7, 11) is 0. The largest absolute Gasteiger partial charge is 0.486 e. The van der Waals surface area contributed by atoms with Crippen LogP contribution in [0.1, 0.15) is 16.6 Å². The molecular formula is C16H14N2O3S2. The lowest BCUT2D eigenvalue weighted by atomic mass is 10.2. The summed E-state index contributed by atoms with van der Waals surface area (Å²) < 4.78 is 14.3. The van der Waals surface area contributed by atoms with Crippen molar-refractivity contribution >= 4 is 38.8 Å². The summed E-state index contributed by atoms with van der Waals surface area (Å²) in [5.41, 5.74) is 1.01. The third-order valence-electron chi connectivity index (χ3n) is 3.59. The average Bonchev–Trinajstić information content (AvgIpc) is 3.20. The Hall–Kier alpha value is -2.12. The van der Waals surface area contributed by atoms with Crippen LogP contribution >= 0.6 is 22.7 Å². The smallest absolute Gasteiger partial charge is 0.289 e. The Morgan fingerprint density at radius 2 is 2.09 bits per heavy atom. The minimum atomic E-state index is -0.203. The lowest BCUT2D eigenvalue weighted by Gasteiger charge is -2.18. The van der Waals surface area contributed by atoms with Crippen LogP contribution in [0.2, 0.25) is 0 Å². The van der Waals surface area contributed by atoms with Crippen LogP contribution < -0.4 is 14.3 Å². The van der Waals surface area contributed by atoms with E-state index in [1.807, 2.05) is 35.1 Å². The van der Waals surface area contributed by atoms with E-state index in [0.717, 1.165) is 28.3 Å². The van der Waals surface area contributed by atoms with Crippen molar-refractivity contribution in [1.82, 2.24) is 4.57 Å². The van der Waals surface area contributed by atoms with Crippen molar-refractivity contribution in [3.8, 4) is 11.5 Å². The Balaban J connectivity index is 1.88. The third-order valence-corrected chi connectivity index (χ3v) is 5.49. The maximum Gasteiger partial charge on any atom is 0.289 e. The number of hydrogen-bond donors (Lipinski definition) is 0. The summed E-state index contributed by atoms with van der Waals surface area (Å²) in [6, 6.07) is 7.59. The van der Waals surface area contributed by atoms with Crippen molar-refractivity contribution in [2.45, 2.75) is 13.5 Å². The molecule has 0 saturated heterocycles. The van der Waals surface area contributed by atoms with E-state index in [4.69, 9.17) is 9.47 Å². The summed E-state index contributed by atoms with van der Waals surface area (Å²) in [6.07, 6.45) is 0. The lowest BCUT2D eigenvalue weighted by Crippen LogP contribution is -2.16. The van der Waals surface area contributed by atoms with Crippen LogP contribution in [0, 0.1) is 0 Å². The lowest BCUT2D eigenvalue weighted by molar-refractivity contribution is 0.100. The topological polar surface area (TPSA) is 52.8 Å². The highest BCUT2D eigenvalue weighted by Crippen LogP contribution is 2.35. The summed E-state index contributed by atoms with van der Waals surface area (Å²) in [6.45, 7) is 3.89. The second kappa shape index (κ2) is 5.82. The van der Waals surface area contributed by atoms with Gasteiger partial charge in [0.1, 0.15) is 13.2 Å². The molecule has 0 spiro atoms. The predicted molar refractivity (Wildman–Crippen MR) is 90.7 cm³/mol. The monoisotopic (exact) mass is 346 g/mol. The predicted octanol–water partition coefficient (Wildman–Crippen LogP) is 3.30. The minimum absolute atomic E-state index is 0.203. The molecule has 1 aliphatic heterocycles. The molecule has 4 rings (SSSR count). The van der Waals surface area contributed by atoms with Crippen molar-refractivity contribution in [2.24, 2.45) is 4.99 Å². The SMILES string of the molecule is CCn1c(=NC(=O)c2cccs2)sc2cc3c(cc21)OCCO3. The van der Waals surface area contributed by atoms with Crippen LogP contribution in [0.3, 0.4) is 0 Å². The van der Waals surface area contributed by atoms with E-state index in [1.54, 1.807) is 6.07 Å². The molecule has 1 aliphatic rings. The zero-order chi connectivity index (χ0) is 15.8. The molecule has 1 amide bonds. The molecule has 5 nitrogen and oxygen atoms in total. The normalized spacial score (nSPS) is 14.4. The number of amides is 1. The van der Waals surface area contributed by atoms with Crippen LogP contribution in [-0.4, -0.2) is 23.7 Å². The van der Waals surface area contributed by atoms with Gasteiger partial charge in [-0.15, -0.1) is 11.3 Å². The van der Waals surface area contributed by atoms with Crippen molar-refractivity contribution in [3.63, 3.8) is 0 Å². The molecular weight excluding hydrogens is 332 g/mol. The first-order valence-electron chi connectivity index (χ1n) is 7.32. The molecule has 0 saturated carbocycles. The number of thiophene rings is 1. The number of thiazole rings is 1. The molecule has 0 fully saturated rings. The first-order valence-corrected chi connectivity index (χ1v) is 9.01. The highest BCUT2D eigenvalue weighted by atomic mass is 32.1. The fourth-order valence-corrected chi connectivity index (χ4v) is 4.25. The maximum absolute atomic E-state index is 12.3. The molecule has 0 radical (unpaired) electrons. The maximum atomic E-state index is 12.3. The van der Waals surface area contributed by atoms with Gasteiger partial charge in [-0.3, -0.25) is 4.79 Å². The van der Waals surface area contributed by atoms with Crippen molar-refractivity contribution in [3.05, 3.63) is 39.3 Å². The quantitative estimate of drug-likeness (QED) is 0.715. The van der Waals surface area contributed by atoms with Crippen LogP contribution in [0.4, 0.5) is 0 Å². The van der Waals surface area contributed by atoms with Crippen LogP contribution in [0.5, 0.6) is 11.5 Å². The van der Waals surface area contributed by atoms with Gasteiger partial charge in [0.05, 0.1) is 15.1 Å². The zero-order valence-electron chi connectivity index (χ0n) is 12.4. The standard InChI is InChI=1S/C16H14N2O3S2/c1-2-18-10-8-11-12(21-6-5-20-11)9-14(10)23-16(18)17-15(19)13-4-3-7-22-13/h3-4,7-9H,2,5-6H2,1H3. The first kappa shape index (κ1) is 14.5. The zero-order valence-corrected chi connectivity index (χ0v) is 14.1. The molecule has 0 bridgehead atoms. The van der Waals surface area contributed by atoms with E-state index >= 15 is 0 Å². The van der Waals surface area contributed by atoms with E-state index < -0.39 is 0 Å². The number of ether oxygens (including phenoxy) is 2. The highest BCUT2D eigenvalue weighted by Gasteiger charge is 2.16. The molecule has 0 aliphatic carbocycles. The molecule has 0 unspecified atom stereocenters. The Labute approximate surface area is 140 Å². The van der Waals surface area contributed by atoms with Crippen LogP contribution in [0.15, 0.2) is 34.6 Å². The minimum Gasteiger partial charge on any atom is -0.486 e. The molecule has 3 aromatic rings. The van der Waals surface area contributed by atoms with Crippen molar-refractivity contribution in [2.75, 3.05) is 13.2 Å². The number of carbonyl (C=O) groups excluding carboxylic acids is 1. The van der Waals surface area contributed by atoms with Crippen molar-refractivity contribution < 1.29 is 14.3 Å². The van der Waals surface area contributed by atoms with Gasteiger partial charge in [0.15, 0.2) is 16.3 Å². The van der Waals surface area contributed by atoms with E-state index in [9.17, 15) is 4.79 Å². The molecule has 0 atom stereocenters. The number of rotatable bonds is 2. The van der Waals surface area contributed by atoms with Crippen LogP contribution in [-0.2, 0) is 6.54 Å². The molecule has 2 aromatic heterocycles. The van der Waals surface area contributed by atoms with E-state index in [0.29, 0.717) is 22.9 Å². The van der Waals surface area contributed by atoms with Gasteiger partial charge in [-0.05, 0) is 18.4 Å². The highest BCUT2D eigenvalue weighted by molar-refractivity contribution is 7.16. The molecule has 0 N–H and O–H groups in total. The Morgan fingerprint density at radius 1 is 1.30 bits per heavy atom. The van der Waals surface area contributed by atoms with E-state index in [2.05, 4.69) is 4.99 Å². The Bertz CT molecular complexity index is 938. The van der Waals surface area contributed by atoms with Gasteiger partial charge in [0, 0.05) is 18.7 Å². The Kier molecular flexibility index (Phi) is 3.66. The van der Waals surface area contributed by atoms with Gasteiger partial charge >= 0.3 is 0 Å². The van der Waals surface area contributed by atoms with Crippen LogP contribution in [0.25, 0.3) is 10.2 Å². The molecule has 7 heteroatoms. The molecule has 23 heavy (non-hydrogen) atoms. The van der Waals surface area contributed by atoms with Gasteiger partial charge < -0.3 is 14.0 Å². The second-order valence-corrected chi connectivity index (χ2v) is 6.94. The number of aryl methyl sites for hydroxylation is 1. The Morgan fingerprint density at radius 3 is 2.78 bits per heavy atom. The number of nitrogens with zero attached hydrogens (tertiary/aromatic N) is 2. The fourth-order valence-electron chi connectivity index (χ4n) is 2.54. The number of aromatic nitrogens is 1. The summed E-state index contributed by atoms with van der Waals surface area (Å²) >= 11 is 2.89. The van der Waals surface area contributed by atoms with E-state index in [1.165, 1.54) is 22.7 Å². The average molecular weight is 346 g/mol. The third kappa shape index (κ3) is 2.55. The van der Waals surface area contributed by atoms with E-state index in [-0.39, 0.29) is 5.91 Å².